The smallest absolute Gasteiger partial charge is 0.248 e. The highest BCUT2D eigenvalue weighted by Crippen LogP contribution is 2.41. The van der Waals surface area contributed by atoms with Gasteiger partial charge in [0.1, 0.15) is 12.4 Å². The highest BCUT2D eigenvalue weighted by molar-refractivity contribution is 6.74. The number of ether oxygens (including phenoxy) is 2. The summed E-state index contributed by atoms with van der Waals surface area (Å²) in [4.78, 5) is 15.7. The molecule has 264 valence electrons. The summed E-state index contributed by atoms with van der Waals surface area (Å²) < 4.78 is 19.5. The molecule has 1 fully saturated rings. The van der Waals surface area contributed by atoms with Gasteiger partial charge >= 0.3 is 0 Å². The van der Waals surface area contributed by atoms with Crippen molar-refractivity contribution in [2.45, 2.75) is 95.5 Å². The number of nitrogens with one attached hydrogen (secondary N) is 3. The van der Waals surface area contributed by atoms with Crippen LogP contribution in [-0.4, -0.2) is 56.3 Å². The van der Waals surface area contributed by atoms with Gasteiger partial charge in [-0.2, -0.15) is 0 Å². The molecule has 2 atom stereocenters. The molecule has 2 heterocycles. The molecule has 3 aromatic carbocycles. The first-order chi connectivity index (χ1) is 23.5. The summed E-state index contributed by atoms with van der Waals surface area (Å²) in [6.07, 6.45) is 2.64. The van der Waals surface area contributed by atoms with Crippen molar-refractivity contribution in [3.8, 4) is 5.75 Å². The Kier molecular flexibility index (Phi) is 12.5. The number of aromatic nitrogens is 1. The number of aromatic amines is 1. The van der Waals surface area contributed by atoms with E-state index in [1.54, 1.807) is 6.07 Å². The molecule has 1 aromatic heterocycles. The average molecular weight is 686 g/mol. The second kappa shape index (κ2) is 16.6. The maximum atomic E-state index is 12.6. The first-order valence-electron chi connectivity index (χ1n) is 17.7. The van der Waals surface area contributed by atoms with E-state index >= 15 is 0 Å². The van der Waals surface area contributed by atoms with E-state index in [9.17, 15) is 9.90 Å². The Hall–Kier alpha value is -3.31. The topological polar surface area (TPSA) is 105 Å². The SMILES string of the molecule is CC(C)(C)[Si](C)(C)OC(CNC(CCCOCc1ccccc1)C1(O)CCNCC1)c1ccc(OCc2ccccc2)c2[nH]c(=O)ccc12. The van der Waals surface area contributed by atoms with Crippen LogP contribution in [0.25, 0.3) is 10.9 Å². The van der Waals surface area contributed by atoms with Gasteiger partial charge in [0.05, 0.1) is 23.8 Å². The molecule has 8 nitrogen and oxygen atoms in total. The minimum atomic E-state index is -2.26. The number of fused-ring (bicyclic) bond motifs is 1. The summed E-state index contributed by atoms with van der Waals surface area (Å²) in [7, 11) is -2.26. The monoisotopic (exact) mass is 685 g/mol. The molecule has 0 aliphatic carbocycles. The summed E-state index contributed by atoms with van der Waals surface area (Å²) in [5.41, 5.74) is 2.83. The molecule has 1 aliphatic rings. The highest BCUT2D eigenvalue weighted by Gasteiger charge is 2.41. The molecule has 9 heteroatoms. The van der Waals surface area contributed by atoms with E-state index in [1.165, 1.54) is 0 Å². The Bertz CT molecular complexity index is 1670. The third kappa shape index (κ3) is 9.90. The number of piperidine rings is 1. The van der Waals surface area contributed by atoms with Gasteiger partial charge in [-0.1, -0.05) is 87.5 Å². The molecule has 0 spiro atoms. The van der Waals surface area contributed by atoms with Crippen LogP contribution in [0.3, 0.4) is 0 Å². The fourth-order valence-corrected chi connectivity index (χ4v) is 7.58. The van der Waals surface area contributed by atoms with E-state index in [1.807, 2.05) is 60.7 Å². The fourth-order valence-electron chi connectivity index (χ4n) is 6.30. The average Bonchev–Trinajstić information content (AvgIpc) is 3.08. The lowest BCUT2D eigenvalue weighted by atomic mass is 9.82. The Balaban J connectivity index is 1.40. The molecule has 0 radical (unpaired) electrons. The van der Waals surface area contributed by atoms with Gasteiger partial charge < -0.3 is 34.6 Å². The zero-order chi connectivity index (χ0) is 34.9. The van der Waals surface area contributed by atoms with Crippen LogP contribution in [-0.2, 0) is 22.4 Å². The second-order valence-corrected chi connectivity index (χ2v) is 19.7. The lowest BCUT2D eigenvalue weighted by Crippen LogP contribution is -2.57. The molecule has 4 N–H and O–H groups in total. The van der Waals surface area contributed by atoms with E-state index in [-0.39, 0.29) is 22.7 Å². The number of H-pyrrole nitrogens is 1. The van der Waals surface area contributed by atoms with E-state index in [0.29, 0.717) is 50.5 Å². The van der Waals surface area contributed by atoms with Crippen LogP contribution in [0.4, 0.5) is 0 Å². The van der Waals surface area contributed by atoms with Gasteiger partial charge in [-0.05, 0) is 85.7 Å². The van der Waals surface area contributed by atoms with Crippen LogP contribution < -0.4 is 20.9 Å². The lowest BCUT2D eigenvalue weighted by Gasteiger charge is -2.42. The summed E-state index contributed by atoms with van der Waals surface area (Å²) in [5.74, 6) is 0.622. The molecule has 0 amide bonds. The van der Waals surface area contributed by atoms with Crippen molar-refractivity contribution in [3.05, 3.63) is 112 Å². The third-order valence-electron chi connectivity index (χ3n) is 10.3. The van der Waals surface area contributed by atoms with Gasteiger partial charge in [0.2, 0.25) is 5.56 Å². The molecule has 5 rings (SSSR count). The predicted octanol–water partition coefficient (Wildman–Crippen LogP) is 7.24. The predicted molar refractivity (Wildman–Crippen MR) is 201 cm³/mol. The van der Waals surface area contributed by atoms with Gasteiger partial charge in [-0.25, -0.2) is 0 Å². The van der Waals surface area contributed by atoms with Crippen LogP contribution in [0, 0.1) is 0 Å². The number of hydrogen-bond acceptors (Lipinski definition) is 7. The lowest BCUT2D eigenvalue weighted by molar-refractivity contribution is -0.0322. The Morgan fingerprint density at radius 1 is 0.898 bits per heavy atom. The minimum Gasteiger partial charge on any atom is -0.487 e. The van der Waals surface area contributed by atoms with Crippen molar-refractivity contribution in [2.24, 2.45) is 0 Å². The van der Waals surface area contributed by atoms with Crippen LogP contribution in [0.1, 0.15) is 69.2 Å². The van der Waals surface area contributed by atoms with E-state index in [0.717, 1.165) is 48.0 Å². The van der Waals surface area contributed by atoms with Gasteiger partial charge in [0.25, 0.3) is 0 Å². The number of pyridine rings is 1. The van der Waals surface area contributed by atoms with Gasteiger partial charge in [0.15, 0.2) is 8.32 Å². The summed E-state index contributed by atoms with van der Waals surface area (Å²) in [5, 5.41) is 20.1. The maximum absolute atomic E-state index is 12.6. The molecule has 1 aliphatic heterocycles. The second-order valence-electron chi connectivity index (χ2n) is 14.9. The van der Waals surface area contributed by atoms with Crippen LogP contribution in [0.5, 0.6) is 5.75 Å². The molecule has 49 heavy (non-hydrogen) atoms. The summed E-state index contributed by atoms with van der Waals surface area (Å²) >= 11 is 0. The van der Waals surface area contributed by atoms with Crippen molar-refractivity contribution in [3.63, 3.8) is 0 Å². The summed E-state index contributed by atoms with van der Waals surface area (Å²) in [6.45, 7) is 14.9. The zero-order valence-electron chi connectivity index (χ0n) is 29.9. The summed E-state index contributed by atoms with van der Waals surface area (Å²) in [6, 6.07) is 27.6. The standard InChI is InChI=1S/C40H55N3O5Si/c1-39(2,3)49(4,5)48-35(32-18-20-34(38-33(32)19-21-37(44)43-38)47-29-31-15-10-7-11-16-31)27-42-36(40(45)22-24-41-25-23-40)17-12-26-46-28-30-13-8-6-9-14-30/h6-11,13-16,18-21,35-36,41-42,45H,12,17,22-29H2,1-5H3,(H,43,44). The largest absolute Gasteiger partial charge is 0.487 e. The molecular formula is C40H55N3O5Si. The highest BCUT2D eigenvalue weighted by atomic mass is 28.4. The van der Waals surface area contributed by atoms with Crippen molar-refractivity contribution >= 4 is 19.2 Å². The van der Waals surface area contributed by atoms with Crippen molar-refractivity contribution in [2.75, 3.05) is 26.2 Å². The number of benzene rings is 3. The van der Waals surface area contributed by atoms with E-state index in [2.05, 4.69) is 67.7 Å². The minimum absolute atomic E-state index is 0.0170. The number of hydrogen-bond donors (Lipinski definition) is 4. The van der Waals surface area contributed by atoms with Gasteiger partial charge in [-0.3, -0.25) is 4.79 Å². The van der Waals surface area contributed by atoms with Crippen LogP contribution in [0.15, 0.2) is 89.7 Å². The maximum Gasteiger partial charge on any atom is 0.248 e. The van der Waals surface area contributed by atoms with E-state index in [4.69, 9.17) is 13.9 Å². The normalized spacial score (nSPS) is 16.4. The van der Waals surface area contributed by atoms with Crippen molar-refractivity contribution in [1.29, 1.82) is 0 Å². The first-order valence-corrected chi connectivity index (χ1v) is 20.6. The molecule has 0 saturated carbocycles. The quantitative estimate of drug-likeness (QED) is 0.0728. The fraction of sp³-hybridized carbons (Fsp3) is 0.475. The number of rotatable bonds is 16. The Morgan fingerprint density at radius 2 is 1.55 bits per heavy atom. The first kappa shape index (κ1) is 37.0. The van der Waals surface area contributed by atoms with Crippen molar-refractivity contribution in [1.82, 2.24) is 15.6 Å². The van der Waals surface area contributed by atoms with Gasteiger partial charge in [0, 0.05) is 30.6 Å². The number of aliphatic hydroxyl groups is 1. The molecule has 4 aromatic rings. The third-order valence-corrected chi connectivity index (χ3v) is 14.8. The molecule has 1 saturated heterocycles. The molecular weight excluding hydrogens is 631 g/mol. The molecule has 2 unspecified atom stereocenters. The zero-order valence-corrected chi connectivity index (χ0v) is 30.9. The molecule has 0 bridgehead atoms. The van der Waals surface area contributed by atoms with Crippen molar-refractivity contribution < 1.29 is 19.0 Å². The Morgan fingerprint density at radius 3 is 2.20 bits per heavy atom. The van der Waals surface area contributed by atoms with E-state index < -0.39 is 13.9 Å². The van der Waals surface area contributed by atoms with Crippen LogP contribution in [0.2, 0.25) is 18.1 Å². The Labute approximate surface area is 292 Å². The van der Waals surface area contributed by atoms with Crippen LogP contribution >= 0.6 is 0 Å². The van der Waals surface area contributed by atoms with Gasteiger partial charge in [-0.15, -0.1) is 0 Å².